The average molecular weight is 274 g/mol. The van der Waals surface area contributed by atoms with Crippen LogP contribution in [0.4, 0.5) is 0 Å². The number of hydrogen-bond acceptors (Lipinski definition) is 2. The normalized spacial score (nSPS) is 13.3. The predicted molar refractivity (Wildman–Crippen MR) is 47.4 cm³/mol. The molecule has 0 amide bonds. The van der Waals surface area contributed by atoms with E-state index in [0.29, 0.717) is 6.61 Å². The van der Waals surface area contributed by atoms with E-state index in [0.717, 1.165) is 0 Å². The van der Waals surface area contributed by atoms with Crippen LogP contribution in [-0.2, 0) is 9.53 Å². The highest BCUT2D eigenvalue weighted by atomic mass is 79.9. The molecule has 1 unspecified atom stereocenters. The molecule has 0 bridgehead atoms. The molecule has 0 heterocycles. The maximum atomic E-state index is 10.9. The van der Waals surface area contributed by atoms with E-state index in [1.807, 2.05) is 0 Å². The van der Waals surface area contributed by atoms with Crippen LogP contribution in [0, 0.1) is 5.92 Å². The van der Waals surface area contributed by atoms with Crippen LogP contribution in [0.3, 0.4) is 0 Å². The minimum Gasteiger partial charge on any atom is -0.466 e. The number of carbonyl (C=O) groups is 1. The quantitative estimate of drug-likeness (QED) is 0.583. The molecule has 0 aliphatic rings. The molecule has 0 N–H and O–H groups in total. The minimum absolute atomic E-state index is 0.000880. The second-order valence-corrected chi connectivity index (χ2v) is 5.08. The number of rotatable bonds is 3. The molecule has 0 spiro atoms. The SMILES string of the molecule is CCOC(=O)C(C)C(Br)Br. The van der Waals surface area contributed by atoms with Gasteiger partial charge in [0.15, 0.2) is 0 Å². The van der Waals surface area contributed by atoms with Gasteiger partial charge in [-0.2, -0.15) is 0 Å². The molecule has 0 aromatic carbocycles. The smallest absolute Gasteiger partial charge is 0.310 e. The van der Waals surface area contributed by atoms with E-state index in [-0.39, 0.29) is 15.6 Å². The monoisotopic (exact) mass is 272 g/mol. The van der Waals surface area contributed by atoms with Crippen LogP contribution in [0.15, 0.2) is 0 Å². The van der Waals surface area contributed by atoms with E-state index in [1.165, 1.54) is 0 Å². The lowest BCUT2D eigenvalue weighted by molar-refractivity contribution is -0.146. The standard InChI is InChI=1S/C6H10Br2O2/c1-3-10-6(9)4(2)5(7)8/h4-5H,3H2,1-2H3. The van der Waals surface area contributed by atoms with E-state index in [9.17, 15) is 4.79 Å². The summed E-state index contributed by atoms with van der Waals surface area (Å²) < 4.78 is 4.77. The van der Waals surface area contributed by atoms with Gasteiger partial charge < -0.3 is 4.74 Å². The van der Waals surface area contributed by atoms with E-state index < -0.39 is 0 Å². The zero-order chi connectivity index (χ0) is 8.15. The van der Waals surface area contributed by atoms with Gasteiger partial charge in [-0.05, 0) is 13.8 Å². The molecular weight excluding hydrogens is 264 g/mol. The molecule has 4 heteroatoms. The van der Waals surface area contributed by atoms with E-state index >= 15 is 0 Å². The number of ether oxygens (including phenoxy) is 1. The molecule has 1 atom stereocenters. The van der Waals surface area contributed by atoms with Crippen LogP contribution in [-0.4, -0.2) is 16.3 Å². The van der Waals surface area contributed by atoms with Crippen LogP contribution in [0.25, 0.3) is 0 Å². The van der Waals surface area contributed by atoms with Crippen molar-refractivity contribution in [1.82, 2.24) is 0 Å². The van der Waals surface area contributed by atoms with Gasteiger partial charge in [-0.15, -0.1) is 0 Å². The third kappa shape index (κ3) is 3.56. The number of alkyl halides is 2. The summed E-state index contributed by atoms with van der Waals surface area (Å²) in [5.41, 5.74) is 0. The third-order valence-electron chi connectivity index (χ3n) is 1.04. The maximum absolute atomic E-state index is 10.9. The lowest BCUT2D eigenvalue weighted by Crippen LogP contribution is -2.19. The van der Waals surface area contributed by atoms with Gasteiger partial charge in [-0.1, -0.05) is 31.9 Å². The summed E-state index contributed by atoms with van der Waals surface area (Å²) >= 11 is 6.45. The molecular formula is C6H10Br2O2. The maximum Gasteiger partial charge on any atom is 0.310 e. The van der Waals surface area contributed by atoms with Crippen molar-refractivity contribution in [3.05, 3.63) is 0 Å². The Balaban J connectivity index is 3.71. The van der Waals surface area contributed by atoms with Crippen LogP contribution < -0.4 is 0 Å². The Bertz CT molecular complexity index is 114. The first-order valence-electron chi connectivity index (χ1n) is 3.04. The molecule has 0 radical (unpaired) electrons. The molecule has 10 heavy (non-hydrogen) atoms. The van der Waals surface area contributed by atoms with Gasteiger partial charge >= 0.3 is 5.97 Å². The Labute approximate surface area is 77.6 Å². The largest absolute Gasteiger partial charge is 0.466 e. The Hall–Kier alpha value is 0.430. The summed E-state index contributed by atoms with van der Waals surface area (Å²) in [6, 6.07) is 0. The Morgan fingerprint density at radius 1 is 1.60 bits per heavy atom. The van der Waals surface area contributed by atoms with Gasteiger partial charge in [0, 0.05) is 0 Å². The van der Waals surface area contributed by atoms with Crippen molar-refractivity contribution in [1.29, 1.82) is 0 Å². The number of esters is 1. The summed E-state index contributed by atoms with van der Waals surface area (Å²) in [6.07, 6.45) is 0. The van der Waals surface area contributed by atoms with Crippen molar-refractivity contribution in [2.45, 2.75) is 17.6 Å². The highest BCUT2D eigenvalue weighted by Crippen LogP contribution is 2.19. The van der Waals surface area contributed by atoms with Crippen molar-refractivity contribution >= 4 is 37.8 Å². The first-order valence-corrected chi connectivity index (χ1v) is 4.87. The van der Waals surface area contributed by atoms with Crippen LogP contribution in [0.1, 0.15) is 13.8 Å². The molecule has 0 aromatic heterocycles. The van der Waals surface area contributed by atoms with Gasteiger partial charge in [-0.25, -0.2) is 0 Å². The van der Waals surface area contributed by atoms with Crippen LogP contribution >= 0.6 is 31.9 Å². The molecule has 0 aliphatic heterocycles. The summed E-state index contributed by atoms with van der Waals surface area (Å²) in [4.78, 5) is 10.9. The fraction of sp³-hybridized carbons (Fsp3) is 0.833. The zero-order valence-corrected chi connectivity index (χ0v) is 9.11. The van der Waals surface area contributed by atoms with E-state index in [1.54, 1.807) is 13.8 Å². The van der Waals surface area contributed by atoms with Gasteiger partial charge in [0.25, 0.3) is 0 Å². The first kappa shape index (κ1) is 10.4. The van der Waals surface area contributed by atoms with Crippen molar-refractivity contribution in [2.24, 2.45) is 5.92 Å². The molecule has 0 saturated carbocycles. The summed E-state index contributed by atoms with van der Waals surface area (Å²) in [5, 5.41) is 0. The molecule has 0 fully saturated rings. The molecule has 60 valence electrons. The Morgan fingerprint density at radius 3 is 2.40 bits per heavy atom. The number of carbonyl (C=O) groups excluding carboxylic acids is 1. The van der Waals surface area contributed by atoms with Crippen LogP contribution in [0.5, 0.6) is 0 Å². The lowest BCUT2D eigenvalue weighted by Gasteiger charge is -2.10. The lowest BCUT2D eigenvalue weighted by atomic mass is 10.2. The first-order chi connectivity index (χ1) is 4.59. The van der Waals surface area contributed by atoms with Crippen molar-refractivity contribution in [2.75, 3.05) is 6.61 Å². The number of hydrogen-bond donors (Lipinski definition) is 0. The second kappa shape index (κ2) is 5.13. The van der Waals surface area contributed by atoms with Gasteiger partial charge in [0.2, 0.25) is 0 Å². The average Bonchev–Trinajstić information content (AvgIpc) is 1.87. The van der Waals surface area contributed by atoms with E-state index in [4.69, 9.17) is 4.74 Å². The molecule has 2 nitrogen and oxygen atoms in total. The Kier molecular flexibility index (Phi) is 5.35. The summed E-state index contributed by atoms with van der Waals surface area (Å²) in [5.74, 6) is -0.318. The van der Waals surface area contributed by atoms with Crippen molar-refractivity contribution in [3.8, 4) is 0 Å². The molecule has 0 aromatic rings. The molecule has 0 rings (SSSR count). The van der Waals surface area contributed by atoms with Gasteiger partial charge in [0.1, 0.15) is 0 Å². The summed E-state index contributed by atoms with van der Waals surface area (Å²) in [6.45, 7) is 4.03. The third-order valence-corrected chi connectivity index (χ3v) is 2.62. The minimum atomic E-state index is -0.179. The van der Waals surface area contributed by atoms with Crippen molar-refractivity contribution < 1.29 is 9.53 Å². The van der Waals surface area contributed by atoms with E-state index in [2.05, 4.69) is 31.9 Å². The molecule has 0 saturated heterocycles. The zero-order valence-electron chi connectivity index (χ0n) is 5.93. The fourth-order valence-corrected chi connectivity index (χ4v) is 0.808. The van der Waals surface area contributed by atoms with Gasteiger partial charge in [-0.3, -0.25) is 4.79 Å². The van der Waals surface area contributed by atoms with Crippen molar-refractivity contribution in [3.63, 3.8) is 0 Å². The highest BCUT2D eigenvalue weighted by Gasteiger charge is 2.19. The van der Waals surface area contributed by atoms with Gasteiger partial charge in [0.05, 0.1) is 16.3 Å². The van der Waals surface area contributed by atoms with Crippen LogP contribution in [0.2, 0.25) is 0 Å². The fourth-order valence-electron chi connectivity index (χ4n) is 0.377. The second-order valence-electron chi connectivity index (χ2n) is 1.88. The topological polar surface area (TPSA) is 26.3 Å². The summed E-state index contributed by atoms with van der Waals surface area (Å²) in [7, 11) is 0. The molecule has 0 aliphatic carbocycles. The Morgan fingerprint density at radius 2 is 2.10 bits per heavy atom. The number of halogens is 2. The highest BCUT2D eigenvalue weighted by molar-refractivity contribution is 9.24. The predicted octanol–water partition coefficient (Wildman–Crippen LogP) is 2.30.